The third-order valence-corrected chi connectivity index (χ3v) is 4.58. The van der Waals surface area contributed by atoms with Crippen molar-refractivity contribution in [2.24, 2.45) is 0 Å². The average Bonchev–Trinajstić information content (AvgIpc) is 2.75. The van der Waals surface area contributed by atoms with Crippen LogP contribution < -0.4 is 15.0 Å². The number of carbonyl (C=O) groups excluding carboxylic acids is 3. The monoisotopic (exact) mass is 413 g/mol. The molecule has 2 amide bonds. The van der Waals surface area contributed by atoms with E-state index in [4.69, 9.17) is 9.47 Å². The lowest BCUT2D eigenvalue weighted by Crippen LogP contribution is -2.51. The fourth-order valence-electron chi connectivity index (χ4n) is 3.12. The van der Waals surface area contributed by atoms with E-state index in [1.165, 1.54) is 37.1 Å². The number of hydrogen-bond acceptors (Lipinski definition) is 7. The quantitative estimate of drug-likeness (QED) is 0.448. The summed E-state index contributed by atoms with van der Waals surface area (Å²) in [5, 5.41) is 13.7. The molecule has 1 heterocycles. The van der Waals surface area contributed by atoms with Gasteiger partial charge in [0.2, 0.25) is 0 Å². The molecule has 0 saturated heterocycles. The molecule has 1 N–H and O–H groups in total. The fraction of sp³-hybridized carbons (Fsp3) is 0.250. The molecule has 0 aliphatic carbocycles. The SMILES string of the molecule is CNC(=O)C1CN(C(=O)COC(=O)c2cccc(C)c2[N+](=O)[O-])c2ccccc2O1. The number of anilines is 1. The van der Waals surface area contributed by atoms with Gasteiger partial charge in [0.25, 0.3) is 17.5 Å². The molecule has 0 aromatic heterocycles. The smallest absolute Gasteiger partial charge is 0.345 e. The Hall–Kier alpha value is -3.95. The molecule has 30 heavy (non-hydrogen) atoms. The molecule has 1 atom stereocenters. The maximum Gasteiger partial charge on any atom is 0.345 e. The molecule has 1 unspecified atom stereocenters. The van der Waals surface area contributed by atoms with Gasteiger partial charge < -0.3 is 19.7 Å². The van der Waals surface area contributed by atoms with E-state index in [9.17, 15) is 24.5 Å². The van der Waals surface area contributed by atoms with Gasteiger partial charge in [-0.15, -0.1) is 0 Å². The highest BCUT2D eigenvalue weighted by Crippen LogP contribution is 2.33. The lowest BCUT2D eigenvalue weighted by molar-refractivity contribution is -0.385. The summed E-state index contributed by atoms with van der Waals surface area (Å²) in [5.41, 5.74) is 0.126. The van der Waals surface area contributed by atoms with Crippen LogP contribution in [0.5, 0.6) is 5.75 Å². The number of likely N-dealkylation sites (N-methyl/N-ethyl adjacent to an activating group) is 1. The van der Waals surface area contributed by atoms with Crippen LogP contribution in [0.25, 0.3) is 0 Å². The molecule has 2 aromatic carbocycles. The van der Waals surface area contributed by atoms with E-state index in [-0.39, 0.29) is 17.8 Å². The Kier molecular flexibility index (Phi) is 5.95. The lowest BCUT2D eigenvalue weighted by Gasteiger charge is -2.33. The molecular weight excluding hydrogens is 394 g/mol. The number of carbonyl (C=O) groups is 3. The molecule has 0 spiro atoms. The second kappa shape index (κ2) is 8.60. The van der Waals surface area contributed by atoms with E-state index < -0.39 is 35.4 Å². The van der Waals surface area contributed by atoms with Gasteiger partial charge in [-0.1, -0.05) is 24.3 Å². The average molecular weight is 413 g/mol. The van der Waals surface area contributed by atoms with Crippen molar-refractivity contribution in [3.8, 4) is 5.75 Å². The molecule has 1 aliphatic rings. The summed E-state index contributed by atoms with van der Waals surface area (Å²) >= 11 is 0. The van der Waals surface area contributed by atoms with Crippen LogP contribution in [0.4, 0.5) is 11.4 Å². The van der Waals surface area contributed by atoms with Gasteiger partial charge in [-0.3, -0.25) is 19.7 Å². The summed E-state index contributed by atoms with van der Waals surface area (Å²) in [7, 11) is 1.45. The molecule has 10 nitrogen and oxygen atoms in total. The zero-order chi connectivity index (χ0) is 21.8. The number of nitrogens with zero attached hydrogens (tertiary/aromatic N) is 2. The van der Waals surface area contributed by atoms with Crippen molar-refractivity contribution in [3.05, 3.63) is 63.7 Å². The van der Waals surface area contributed by atoms with Crippen LogP contribution in [0, 0.1) is 17.0 Å². The Labute approximate surface area is 171 Å². The molecule has 3 rings (SSSR count). The molecule has 0 bridgehead atoms. The molecule has 0 radical (unpaired) electrons. The number of benzene rings is 2. The first-order chi connectivity index (χ1) is 14.3. The molecular formula is C20H19N3O7. The highest BCUT2D eigenvalue weighted by Gasteiger charge is 2.34. The third-order valence-electron chi connectivity index (χ3n) is 4.58. The van der Waals surface area contributed by atoms with Crippen LogP contribution in [0.3, 0.4) is 0 Å². The van der Waals surface area contributed by atoms with Crippen LogP contribution >= 0.6 is 0 Å². The fourth-order valence-corrected chi connectivity index (χ4v) is 3.12. The number of nitro groups is 1. The van der Waals surface area contributed by atoms with Crippen molar-refractivity contribution in [1.82, 2.24) is 5.32 Å². The van der Waals surface area contributed by atoms with E-state index >= 15 is 0 Å². The van der Waals surface area contributed by atoms with Gasteiger partial charge in [0.1, 0.15) is 11.3 Å². The van der Waals surface area contributed by atoms with Gasteiger partial charge >= 0.3 is 5.97 Å². The van der Waals surface area contributed by atoms with Gasteiger partial charge in [0.05, 0.1) is 17.2 Å². The normalized spacial score (nSPS) is 14.9. The summed E-state index contributed by atoms with van der Waals surface area (Å²) in [6.07, 6.45) is -0.928. The van der Waals surface area contributed by atoms with Gasteiger partial charge in [0, 0.05) is 12.6 Å². The Morgan fingerprint density at radius 3 is 2.67 bits per heavy atom. The zero-order valence-corrected chi connectivity index (χ0v) is 16.3. The number of aryl methyl sites for hydroxylation is 1. The summed E-state index contributed by atoms with van der Waals surface area (Å²) in [6, 6.07) is 10.9. The van der Waals surface area contributed by atoms with Gasteiger partial charge in [0.15, 0.2) is 12.7 Å². The number of fused-ring (bicyclic) bond motifs is 1. The second-order valence-corrected chi connectivity index (χ2v) is 6.50. The van der Waals surface area contributed by atoms with Crippen LogP contribution in [0.2, 0.25) is 0 Å². The Balaban J connectivity index is 1.78. The number of ether oxygens (including phenoxy) is 2. The number of nitrogens with one attached hydrogen (secondary N) is 1. The third kappa shape index (κ3) is 4.07. The summed E-state index contributed by atoms with van der Waals surface area (Å²) in [6.45, 7) is 0.778. The molecule has 1 aliphatic heterocycles. The number of esters is 1. The topological polar surface area (TPSA) is 128 Å². The second-order valence-electron chi connectivity index (χ2n) is 6.50. The van der Waals surface area contributed by atoms with Gasteiger partial charge in [-0.2, -0.15) is 0 Å². The molecule has 10 heteroatoms. The lowest BCUT2D eigenvalue weighted by atomic mass is 10.1. The van der Waals surface area contributed by atoms with E-state index in [2.05, 4.69) is 5.32 Å². The molecule has 156 valence electrons. The first-order valence-corrected chi connectivity index (χ1v) is 9.02. The van der Waals surface area contributed by atoms with E-state index in [1.807, 2.05) is 0 Å². The Morgan fingerprint density at radius 2 is 1.97 bits per heavy atom. The number of para-hydroxylation sites is 3. The van der Waals surface area contributed by atoms with E-state index in [0.29, 0.717) is 17.0 Å². The Bertz CT molecular complexity index is 1020. The van der Waals surface area contributed by atoms with Crippen molar-refractivity contribution in [2.75, 3.05) is 25.1 Å². The number of rotatable bonds is 5. The predicted octanol–water partition coefficient (Wildman–Crippen LogP) is 1.60. The van der Waals surface area contributed by atoms with Crippen LogP contribution in [0.1, 0.15) is 15.9 Å². The standard InChI is InChI=1S/C20H19N3O7/c1-12-6-5-7-13(18(12)23(27)28)20(26)29-11-17(24)22-10-16(19(25)21-2)30-15-9-4-3-8-14(15)22/h3-9,16H,10-11H2,1-2H3,(H,21,25). The highest BCUT2D eigenvalue weighted by molar-refractivity contribution is 6.00. The first-order valence-electron chi connectivity index (χ1n) is 9.02. The van der Waals surface area contributed by atoms with Crippen molar-refractivity contribution >= 4 is 29.2 Å². The maximum atomic E-state index is 12.8. The zero-order valence-electron chi connectivity index (χ0n) is 16.3. The summed E-state index contributed by atoms with van der Waals surface area (Å²) in [4.78, 5) is 49.1. The van der Waals surface area contributed by atoms with Crippen molar-refractivity contribution in [2.45, 2.75) is 13.0 Å². The molecule has 0 saturated carbocycles. The minimum Gasteiger partial charge on any atom is -0.477 e. The van der Waals surface area contributed by atoms with Gasteiger partial charge in [-0.25, -0.2) is 4.79 Å². The number of amides is 2. The van der Waals surface area contributed by atoms with E-state index in [0.717, 1.165) is 0 Å². The first kappa shape index (κ1) is 20.8. The highest BCUT2D eigenvalue weighted by atomic mass is 16.6. The maximum absolute atomic E-state index is 12.8. The minimum atomic E-state index is -0.983. The summed E-state index contributed by atoms with van der Waals surface area (Å²) < 4.78 is 10.7. The van der Waals surface area contributed by atoms with Crippen LogP contribution in [-0.2, 0) is 14.3 Å². The predicted molar refractivity (Wildman–Crippen MR) is 105 cm³/mol. The van der Waals surface area contributed by atoms with Crippen molar-refractivity contribution in [1.29, 1.82) is 0 Å². The van der Waals surface area contributed by atoms with Gasteiger partial charge in [-0.05, 0) is 25.1 Å². The number of nitro benzene ring substituents is 1. The van der Waals surface area contributed by atoms with Crippen molar-refractivity contribution in [3.63, 3.8) is 0 Å². The van der Waals surface area contributed by atoms with E-state index in [1.54, 1.807) is 24.3 Å². The summed E-state index contributed by atoms with van der Waals surface area (Å²) in [5.74, 6) is -1.65. The van der Waals surface area contributed by atoms with Crippen LogP contribution in [0.15, 0.2) is 42.5 Å². The minimum absolute atomic E-state index is 0.0718. The largest absolute Gasteiger partial charge is 0.477 e. The number of hydrogen-bond donors (Lipinski definition) is 1. The molecule has 2 aromatic rings. The Morgan fingerprint density at radius 1 is 1.23 bits per heavy atom. The molecule has 0 fully saturated rings. The van der Waals surface area contributed by atoms with Crippen LogP contribution in [-0.4, -0.2) is 49.0 Å². The van der Waals surface area contributed by atoms with Crippen molar-refractivity contribution < 1.29 is 28.8 Å².